The zero-order valence-electron chi connectivity index (χ0n) is 15.0. The lowest BCUT2D eigenvalue weighted by atomic mass is 10.0. The molecule has 0 amide bonds. The number of hydrogen-bond donors (Lipinski definition) is 0. The lowest BCUT2D eigenvalue weighted by Crippen LogP contribution is -2.31. The van der Waals surface area contributed by atoms with Crippen molar-refractivity contribution in [1.29, 1.82) is 0 Å². The van der Waals surface area contributed by atoms with Crippen molar-refractivity contribution in [2.75, 3.05) is 13.1 Å². The molecular weight excluding hydrogens is 382 g/mol. The summed E-state index contributed by atoms with van der Waals surface area (Å²) in [6.45, 7) is 1.20. The molecule has 27 heavy (non-hydrogen) atoms. The highest BCUT2D eigenvalue weighted by Crippen LogP contribution is 2.45. The summed E-state index contributed by atoms with van der Waals surface area (Å²) in [6.07, 6.45) is 9.09. The number of nitrogens with zero attached hydrogens (tertiary/aromatic N) is 5. The van der Waals surface area contributed by atoms with Gasteiger partial charge in [0.1, 0.15) is 5.65 Å². The Balaban J connectivity index is 1.32. The number of aryl methyl sites for hydroxylation is 1. The molecule has 1 aliphatic heterocycles. The van der Waals surface area contributed by atoms with Crippen LogP contribution in [0.1, 0.15) is 12.8 Å². The van der Waals surface area contributed by atoms with Crippen molar-refractivity contribution in [3.63, 3.8) is 0 Å². The summed E-state index contributed by atoms with van der Waals surface area (Å²) < 4.78 is 31.7. The molecule has 7 nitrogen and oxygen atoms in total. The largest absolute Gasteiger partial charge is 0.329 e. The van der Waals surface area contributed by atoms with E-state index in [-0.39, 0.29) is 5.03 Å². The van der Waals surface area contributed by atoms with Crippen molar-refractivity contribution < 1.29 is 8.42 Å². The second-order valence-electron chi connectivity index (χ2n) is 7.40. The standard InChI is InChI=1S/C18H21N5O2S2/c1-21-7-5-19-18(21)26-15-8-13-11-22(12-14(13)9-15)27(24,25)17-10-20-16-4-2-3-6-23(16)17/h2-7,10,13-15H,8-9,11-12H2,1H3/t13-,14+,15?. The monoisotopic (exact) mass is 403 g/mol. The summed E-state index contributed by atoms with van der Waals surface area (Å²) in [5.41, 5.74) is 0.655. The van der Waals surface area contributed by atoms with Crippen LogP contribution in [0, 0.1) is 11.8 Å². The van der Waals surface area contributed by atoms with Gasteiger partial charge in [-0.1, -0.05) is 17.8 Å². The van der Waals surface area contributed by atoms with Crippen LogP contribution in [-0.2, 0) is 17.1 Å². The molecular formula is C18H21N5O2S2. The highest BCUT2D eigenvalue weighted by Gasteiger charge is 2.45. The van der Waals surface area contributed by atoms with Crippen LogP contribution in [0.5, 0.6) is 0 Å². The maximum atomic E-state index is 13.2. The Hall–Kier alpha value is -1.84. The van der Waals surface area contributed by atoms with E-state index in [9.17, 15) is 8.42 Å². The topological polar surface area (TPSA) is 72.5 Å². The van der Waals surface area contributed by atoms with E-state index in [1.54, 1.807) is 14.9 Å². The molecule has 3 aromatic rings. The van der Waals surface area contributed by atoms with E-state index in [2.05, 4.69) is 9.97 Å². The van der Waals surface area contributed by atoms with Gasteiger partial charge in [0.25, 0.3) is 10.0 Å². The van der Waals surface area contributed by atoms with E-state index in [0.29, 0.717) is 35.8 Å². The predicted molar refractivity (Wildman–Crippen MR) is 103 cm³/mol. The molecule has 5 rings (SSSR count). The fourth-order valence-electron chi connectivity index (χ4n) is 4.34. The average molecular weight is 404 g/mol. The molecule has 2 fully saturated rings. The van der Waals surface area contributed by atoms with Crippen LogP contribution in [0.15, 0.2) is 53.2 Å². The Labute approximate surface area is 162 Å². The molecule has 0 aromatic carbocycles. The Morgan fingerprint density at radius 1 is 1.11 bits per heavy atom. The lowest BCUT2D eigenvalue weighted by Gasteiger charge is -2.18. The Bertz CT molecular complexity index is 1080. The van der Waals surface area contributed by atoms with Gasteiger partial charge in [0.05, 0.1) is 6.20 Å². The molecule has 3 aromatic heterocycles. The number of imidazole rings is 2. The van der Waals surface area contributed by atoms with E-state index in [1.807, 2.05) is 54.0 Å². The maximum Gasteiger partial charge on any atom is 0.260 e. The molecule has 0 bridgehead atoms. The van der Waals surface area contributed by atoms with Crippen molar-refractivity contribution in [3.05, 3.63) is 43.0 Å². The van der Waals surface area contributed by atoms with Crippen LogP contribution in [0.2, 0.25) is 0 Å². The molecule has 0 radical (unpaired) electrons. The number of hydrogen-bond acceptors (Lipinski definition) is 5. The number of rotatable bonds is 4. The van der Waals surface area contributed by atoms with E-state index >= 15 is 0 Å². The van der Waals surface area contributed by atoms with E-state index in [0.717, 1.165) is 18.0 Å². The number of thioether (sulfide) groups is 1. The molecule has 1 saturated heterocycles. The Morgan fingerprint density at radius 3 is 2.59 bits per heavy atom. The van der Waals surface area contributed by atoms with Gasteiger partial charge in [-0.25, -0.2) is 18.4 Å². The smallest absolute Gasteiger partial charge is 0.260 e. The van der Waals surface area contributed by atoms with Crippen LogP contribution in [-0.4, -0.2) is 50.0 Å². The molecule has 1 unspecified atom stereocenters. The van der Waals surface area contributed by atoms with Crippen LogP contribution in [0.4, 0.5) is 0 Å². The highest BCUT2D eigenvalue weighted by atomic mass is 32.2. The minimum atomic E-state index is -3.53. The van der Waals surface area contributed by atoms with Crippen LogP contribution < -0.4 is 0 Å². The first-order valence-electron chi connectivity index (χ1n) is 9.08. The van der Waals surface area contributed by atoms with Gasteiger partial charge in [-0.05, 0) is 36.8 Å². The van der Waals surface area contributed by atoms with Crippen LogP contribution in [0.25, 0.3) is 5.65 Å². The minimum absolute atomic E-state index is 0.261. The normalized spacial score (nSPS) is 26.0. The Kier molecular flexibility index (Phi) is 4.06. The summed E-state index contributed by atoms with van der Waals surface area (Å²) in [5.74, 6) is 0.855. The average Bonchev–Trinajstić information content (AvgIpc) is 3.38. The molecule has 0 spiro atoms. The number of aromatic nitrogens is 4. The van der Waals surface area contributed by atoms with E-state index in [4.69, 9.17) is 0 Å². The molecule has 1 aliphatic carbocycles. The predicted octanol–water partition coefficient (Wildman–Crippen LogP) is 2.26. The number of sulfonamides is 1. The SMILES string of the molecule is Cn1ccnc1SC1C[C@@H]2CN(S(=O)(=O)c3cnc4ccccn34)C[C@@H]2C1. The fraction of sp³-hybridized carbons (Fsp3) is 0.444. The van der Waals surface area contributed by atoms with E-state index in [1.165, 1.54) is 6.20 Å². The van der Waals surface area contributed by atoms with Gasteiger partial charge in [0.15, 0.2) is 10.2 Å². The molecule has 142 valence electrons. The lowest BCUT2D eigenvalue weighted by molar-refractivity contribution is 0.444. The van der Waals surface area contributed by atoms with Gasteiger partial charge in [-0.2, -0.15) is 4.31 Å². The van der Waals surface area contributed by atoms with Crippen molar-refractivity contribution >= 4 is 27.4 Å². The summed E-state index contributed by atoms with van der Waals surface area (Å²) in [7, 11) is -1.52. The molecule has 0 N–H and O–H groups in total. The summed E-state index contributed by atoms with van der Waals surface area (Å²) in [5, 5.41) is 1.81. The van der Waals surface area contributed by atoms with Crippen molar-refractivity contribution in [1.82, 2.24) is 23.2 Å². The fourth-order valence-corrected chi connectivity index (χ4v) is 7.30. The van der Waals surface area contributed by atoms with Crippen LogP contribution in [0.3, 0.4) is 0 Å². The van der Waals surface area contributed by atoms with Gasteiger partial charge in [-0.15, -0.1) is 0 Å². The first kappa shape index (κ1) is 17.3. The van der Waals surface area contributed by atoms with Crippen molar-refractivity contribution in [2.24, 2.45) is 18.9 Å². The molecule has 3 atom stereocenters. The first-order valence-corrected chi connectivity index (χ1v) is 11.4. The van der Waals surface area contributed by atoms with Gasteiger partial charge in [0, 0.05) is 44.0 Å². The Morgan fingerprint density at radius 2 is 1.89 bits per heavy atom. The summed E-state index contributed by atoms with van der Waals surface area (Å²) in [6, 6.07) is 5.50. The second kappa shape index (κ2) is 6.35. The molecule has 2 aliphatic rings. The zero-order chi connectivity index (χ0) is 18.6. The van der Waals surface area contributed by atoms with Gasteiger partial charge >= 0.3 is 0 Å². The van der Waals surface area contributed by atoms with Gasteiger partial charge in [0.2, 0.25) is 0 Å². The molecule has 9 heteroatoms. The highest BCUT2D eigenvalue weighted by molar-refractivity contribution is 7.99. The first-order chi connectivity index (χ1) is 13.0. The van der Waals surface area contributed by atoms with Crippen LogP contribution >= 0.6 is 11.8 Å². The van der Waals surface area contributed by atoms with Crippen molar-refractivity contribution in [2.45, 2.75) is 28.3 Å². The summed E-state index contributed by atoms with van der Waals surface area (Å²) in [4.78, 5) is 8.64. The van der Waals surface area contributed by atoms with Crippen molar-refractivity contribution in [3.8, 4) is 0 Å². The minimum Gasteiger partial charge on any atom is -0.329 e. The second-order valence-corrected chi connectivity index (χ2v) is 10.6. The summed E-state index contributed by atoms with van der Waals surface area (Å²) >= 11 is 1.82. The third-order valence-corrected chi connectivity index (χ3v) is 8.84. The quantitative estimate of drug-likeness (QED) is 0.668. The third-order valence-electron chi connectivity index (χ3n) is 5.71. The van der Waals surface area contributed by atoms with Gasteiger partial charge in [-0.3, -0.25) is 4.40 Å². The number of fused-ring (bicyclic) bond motifs is 2. The van der Waals surface area contributed by atoms with E-state index < -0.39 is 10.0 Å². The maximum absolute atomic E-state index is 13.2. The molecule has 1 saturated carbocycles. The third kappa shape index (κ3) is 2.88. The zero-order valence-corrected chi connectivity index (χ0v) is 16.6. The number of pyridine rings is 1. The molecule has 4 heterocycles. The van der Waals surface area contributed by atoms with Gasteiger partial charge < -0.3 is 4.57 Å².